The van der Waals surface area contributed by atoms with Crippen LogP contribution in [0.15, 0.2) is 18.3 Å². The Labute approximate surface area is 131 Å². The number of carbonyl (C=O) groups is 1. The maximum absolute atomic E-state index is 12.4. The number of pyridine rings is 1. The molecule has 2 aromatic rings. The van der Waals surface area contributed by atoms with Crippen LogP contribution in [0.3, 0.4) is 0 Å². The van der Waals surface area contributed by atoms with E-state index in [9.17, 15) is 4.79 Å². The summed E-state index contributed by atoms with van der Waals surface area (Å²) < 4.78 is 5.90. The van der Waals surface area contributed by atoms with Crippen LogP contribution in [0.2, 0.25) is 0 Å². The lowest BCUT2D eigenvalue weighted by atomic mass is 10.1. The van der Waals surface area contributed by atoms with E-state index < -0.39 is 5.66 Å². The summed E-state index contributed by atoms with van der Waals surface area (Å²) in [7, 11) is 0. The van der Waals surface area contributed by atoms with Crippen molar-refractivity contribution in [2.45, 2.75) is 19.5 Å². The van der Waals surface area contributed by atoms with Gasteiger partial charge in [-0.3, -0.25) is 4.79 Å². The molecule has 22 heavy (non-hydrogen) atoms. The van der Waals surface area contributed by atoms with Gasteiger partial charge >= 0.3 is 0 Å². The zero-order valence-electron chi connectivity index (χ0n) is 12.3. The van der Waals surface area contributed by atoms with Crippen molar-refractivity contribution < 1.29 is 9.53 Å². The number of nitrogens with two attached hydrogens (primary N) is 1. The Balaban J connectivity index is 1.95. The molecule has 0 bridgehead atoms. The Kier molecular flexibility index (Phi) is 2.65. The highest BCUT2D eigenvalue weighted by Gasteiger charge is 2.43. The number of ether oxygens (including phenoxy) is 1. The monoisotopic (exact) mass is 316 g/mol. The number of nitrogens with zero attached hydrogens (tertiary/aromatic N) is 2. The van der Waals surface area contributed by atoms with E-state index in [1.807, 2.05) is 19.9 Å². The van der Waals surface area contributed by atoms with Gasteiger partial charge in [-0.25, -0.2) is 4.98 Å². The van der Waals surface area contributed by atoms with Gasteiger partial charge in [0.25, 0.3) is 5.91 Å². The third-order valence-corrected chi connectivity index (χ3v) is 5.22. The maximum Gasteiger partial charge on any atom is 0.265 e. The second-order valence-electron chi connectivity index (χ2n) is 5.92. The molecule has 2 aliphatic heterocycles. The van der Waals surface area contributed by atoms with Gasteiger partial charge in [0.1, 0.15) is 28.7 Å². The van der Waals surface area contributed by atoms with Crippen LogP contribution >= 0.6 is 11.3 Å². The van der Waals surface area contributed by atoms with Crippen molar-refractivity contribution in [2.24, 2.45) is 0 Å². The number of hydrogen-bond donors (Lipinski definition) is 2. The fourth-order valence-electron chi connectivity index (χ4n) is 3.03. The van der Waals surface area contributed by atoms with E-state index >= 15 is 0 Å². The van der Waals surface area contributed by atoms with Crippen molar-refractivity contribution in [2.75, 3.05) is 23.8 Å². The number of amides is 1. The van der Waals surface area contributed by atoms with Crippen molar-refractivity contribution in [1.82, 2.24) is 10.3 Å². The number of nitrogens with one attached hydrogen (secondary N) is 1. The highest BCUT2D eigenvalue weighted by Crippen LogP contribution is 2.52. The number of hydrogen-bond acceptors (Lipinski definition) is 6. The lowest BCUT2D eigenvalue weighted by Crippen LogP contribution is -2.61. The lowest BCUT2D eigenvalue weighted by Gasteiger charge is -2.45. The summed E-state index contributed by atoms with van der Waals surface area (Å²) in [4.78, 5) is 20.3. The quantitative estimate of drug-likeness (QED) is 0.842. The summed E-state index contributed by atoms with van der Waals surface area (Å²) in [5, 5.41) is 3.05. The fourth-order valence-corrected chi connectivity index (χ4v) is 4.17. The van der Waals surface area contributed by atoms with E-state index in [1.54, 1.807) is 12.3 Å². The standard InChI is InChI=1S/C15H16N4O2S/c1-15(2)18-14(20)13-10-11(21-6-5-19(10)15)12(22-13)8-3-4-17-9(16)7-8/h3-4,7H,5-6H2,1-2H3,(H2,16,17)(H,18,20). The molecule has 0 saturated carbocycles. The molecule has 114 valence electrons. The van der Waals surface area contributed by atoms with E-state index in [1.165, 1.54) is 11.3 Å². The summed E-state index contributed by atoms with van der Waals surface area (Å²) >= 11 is 1.44. The maximum atomic E-state index is 12.4. The molecule has 4 rings (SSSR count). The first kappa shape index (κ1) is 13.4. The van der Waals surface area contributed by atoms with Gasteiger partial charge in [0.15, 0.2) is 5.75 Å². The summed E-state index contributed by atoms with van der Waals surface area (Å²) in [6, 6.07) is 3.69. The van der Waals surface area contributed by atoms with Crippen molar-refractivity contribution >= 4 is 28.7 Å². The molecule has 4 heterocycles. The van der Waals surface area contributed by atoms with Gasteiger partial charge in [-0.15, -0.1) is 11.3 Å². The summed E-state index contributed by atoms with van der Waals surface area (Å²) in [5.74, 6) is 1.18. The summed E-state index contributed by atoms with van der Waals surface area (Å²) in [5.41, 5.74) is 7.19. The number of carbonyl (C=O) groups excluding carboxylic acids is 1. The van der Waals surface area contributed by atoms with E-state index in [2.05, 4.69) is 15.2 Å². The molecule has 7 heteroatoms. The van der Waals surface area contributed by atoms with E-state index in [0.29, 0.717) is 17.3 Å². The van der Waals surface area contributed by atoms with Crippen LogP contribution in [-0.2, 0) is 0 Å². The minimum atomic E-state index is -0.418. The summed E-state index contributed by atoms with van der Waals surface area (Å²) in [6.45, 7) is 5.35. The second kappa shape index (κ2) is 4.36. The van der Waals surface area contributed by atoms with Gasteiger partial charge in [0, 0.05) is 11.8 Å². The van der Waals surface area contributed by atoms with Gasteiger partial charge in [-0.1, -0.05) is 0 Å². The van der Waals surface area contributed by atoms with Crippen molar-refractivity contribution in [3.05, 3.63) is 23.2 Å². The lowest BCUT2D eigenvalue weighted by molar-refractivity contribution is 0.0895. The number of anilines is 2. The van der Waals surface area contributed by atoms with Crippen LogP contribution in [0.1, 0.15) is 23.5 Å². The van der Waals surface area contributed by atoms with Gasteiger partial charge in [-0.05, 0) is 26.0 Å². The molecule has 0 aliphatic carbocycles. The Morgan fingerprint density at radius 2 is 2.27 bits per heavy atom. The Morgan fingerprint density at radius 3 is 3.05 bits per heavy atom. The van der Waals surface area contributed by atoms with E-state index in [0.717, 1.165) is 28.4 Å². The minimum absolute atomic E-state index is 0.0544. The number of thiophene rings is 1. The van der Waals surface area contributed by atoms with Crippen LogP contribution < -0.4 is 20.7 Å². The van der Waals surface area contributed by atoms with Crippen LogP contribution in [0.5, 0.6) is 5.75 Å². The Morgan fingerprint density at radius 1 is 1.45 bits per heavy atom. The second-order valence-corrected chi connectivity index (χ2v) is 6.94. The summed E-state index contributed by atoms with van der Waals surface area (Å²) in [6.07, 6.45) is 1.67. The minimum Gasteiger partial charge on any atom is -0.488 e. The first-order valence-corrected chi connectivity index (χ1v) is 7.90. The molecule has 0 saturated heterocycles. The molecule has 0 atom stereocenters. The van der Waals surface area contributed by atoms with E-state index in [-0.39, 0.29) is 5.91 Å². The highest BCUT2D eigenvalue weighted by molar-refractivity contribution is 7.18. The first-order valence-electron chi connectivity index (χ1n) is 7.09. The first-order chi connectivity index (χ1) is 10.5. The number of nitrogen functional groups attached to an aromatic ring is 1. The van der Waals surface area contributed by atoms with Gasteiger partial charge in [-0.2, -0.15) is 0 Å². The van der Waals surface area contributed by atoms with Gasteiger partial charge in [0.05, 0.1) is 11.4 Å². The van der Waals surface area contributed by atoms with Gasteiger partial charge in [0.2, 0.25) is 0 Å². The zero-order valence-corrected chi connectivity index (χ0v) is 13.2. The third-order valence-electron chi connectivity index (χ3n) is 4.02. The molecule has 0 unspecified atom stereocenters. The van der Waals surface area contributed by atoms with Crippen LogP contribution in [-0.4, -0.2) is 29.7 Å². The molecule has 0 fully saturated rings. The predicted octanol–water partition coefficient (Wildman–Crippen LogP) is 2.07. The van der Waals surface area contributed by atoms with Crippen LogP contribution in [0, 0.1) is 0 Å². The third kappa shape index (κ3) is 1.78. The topological polar surface area (TPSA) is 80.5 Å². The molecular weight excluding hydrogens is 300 g/mol. The van der Waals surface area contributed by atoms with Gasteiger partial charge < -0.3 is 20.7 Å². The largest absolute Gasteiger partial charge is 0.488 e. The van der Waals surface area contributed by atoms with Crippen molar-refractivity contribution in [3.8, 4) is 16.2 Å². The molecule has 0 spiro atoms. The molecule has 3 N–H and O–H groups in total. The zero-order chi connectivity index (χ0) is 15.5. The molecule has 2 aromatic heterocycles. The fraction of sp³-hybridized carbons (Fsp3) is 0.333. The molecule has 2 aliphatic rings. The van der Waals surface area contributed by atoms with Crippen molar-refractivity contribution in [1.29, 1.82) is 0 Å². The van der Waals surface area contributed by atoms with E-state index in [4.69, 9.17) is 10.5 Å². The molecule has 0 aromatic carbocycles. The molecular formula is C15H16N4O2S. The molecule has 6 nitrogen and oxygen atoms in total. The molecule has 0 radical (unpaired) electrons. The molecule has 1 amide bonds. The average molecular weight is 316 g/mol. The normalized spacial score (nSPS) is 18.5. The van der Waals surface area contributed by atoms with Crippen molar-refractivity contribution in [3.63, 3.8) is 0 Å². The number of rotatable bonds is 1. The Hall–Kier alpha value is -2.28. The highest BCUT2D eigenvalue weighted by atomic mass is 32.1. The van der Waals surface area contributed by atoms with Crippen LogP contribution in [0.25, 0.3) is 10.4 Å². The average Bonchev–Trinajstić information content (AvgIpc) is 2.85. The van der Waals surface area contributed by atoms with Crippen LogP contribution in [0.4, 0.5) is 11.5 Å². The SMILES string of the molecule is CC1(C)NC(=O)c2sc(-c3ccnc(N)c3)c3c2N1CCO3. The predicted molar refractivity (Wildman–Crippen MR) is 86.3 cm³/mol. The smallest absolute Gasteiger partial charge is 0.265 e. The Bertz CT molecular complexity index is 784. The number of aromatic nitrogens is 1.